The SMILES string of the molecule is C=C(CBr)[SiH](OC(C)C)OC(C)C. The van der Waals surface area contributed by atoms with E-state index in [1.807, 2.05) is 27.7 Å². The summed E-state index contributed by atoms with van der Waals surface area (Å²) in [4.78, 5) is 0. The normalized spacial score (nSPS) is 11.7. The highest BCUT2D eigenvalue weighted by atomic mass is 79.9. The number of halogens is 1. The van der Waals surface area contributed by atoms with E-state index in [1.54, 1.807) is 0 Å². The van der Waals surface area contributed by atoms with Gasteiger partial charge in [0.05, 0.1) is 0 Å². The van der Waals surface area contributed by atoms with Crippen LogP contribution in [0, 0.1) is 0 Å². The quantitative estimate of drug-likeness (QED) is 0.544. The summed E-state index contributed by atoms with van der Waals surface area (Å²) in [6.07, 6.45) is 0.428. The third-order valence-electron chi connectivity index (χ3n) is 1.30. The third-order valence-corrected chi connectivity index (χ3v) is 5.07. The zero-order valence-electron chi connectivity index (χ0n) is 8.84. The van der Waals surface area contributed by atoms with Crippen LogP contribution in [-0.4, -0.2) is 26.8 Å². The smallest absolute Gasteiger partial charge is 0.352 e. The van der Waals surface area contributed by atoms with Crippen LogP contribution in [0.3, 0.4) is 0 Å². The summed E-state index contributed by atoms with van der Waals surface area (Å²) in [5.74, 6) is 0. The number of alkyl halides is 1. The van der Waals surface area contributed by atoms with Gasteiger partial charge in [0.15, 0.2) is 0 Å². The molecule has 0 radical (unpaired) electrons. The van der Waals surface area contributed by atoms with Gasteiger partial charge in [0.25, 0.3) is 0 Å². The number of hydrogen-bond donors (Lipinski definition) is 0. The lowest BCUT2D eigenvalue weighted by atomic mass is 10.5. The zero-order chi connectivity index (χ0) is 10.4. The highest BCUT2D eigenvalue weighted by molar-refractivity contribution is 9.09. The molecule has 0 heterocycles. The average Bonchev–Trinajstić information content (AvgIpc) is 2.00. The molecule has 2 nitrogen and oxygen atoms in total. The molecule has 13 heavy (non-hydrogen) atoms. The van der Waals surface area contributed by atoms with Crippen molar-refractivity contribution in [2.24, 2.45) is 0 Å². The fourth-order valence-corrected chi connectivity index (χ4v) is 3.14. The van der Waals surface area contributed by atoms with Crippen molar-refractivity contribution in [1.82, 2.24) is 0 Å². The lowest BCUT2D eigenvalue weighted by molar-refractivity contribution is 0.136. The van der Waals surface area contributed by atoms with Crippen molar-refractivity contribution < 1.29 is 8.85 Å². The first-order chi connectivity index (χ1) is 5.97. The van der Waals surface area contributed by atoms with Gasteiger partial charge in [-0.05, 0) is 32.9 Å². The molecule has 0 saturated carbocycles. The van der Waals surface area contributed by atoms with Crippen LogP contribution in [0.2, 0.25) is 0 Å². The summed E-state index contributed by atoms with van der Waals surface area (Å²) < 4.78 is 11.4. The Kier molecular flexibility index (Phi) is 6.94. The molecule has 0 saturated heterocycles. The fraction of sp³-hybridized carbons (Fsp3) is 0.778. The van der Waals surface area contributed by atoms with Gasteiger partial charge in [0.1, 0.15) is 0 Å². The molecule has 78 valence electrons. The summed E-state index contributed by atoms with van der Waals surface area (Å²) in [6.45, 7) is 12.0. The van der Waals surface area contributed by atoms with E-state index in [1.165, 1.54) is 0 Å². The summed E-state index contributed by atoms with van der Waals surface area (Å²) in [5, 5.41) is 1.82. The molecule has 0 aromatic heterocycles. The van der Waals surface area contributed by atoms with Gasteiger partial charge in [-0.3, -0.25) is 0 Å². The van der Waals surface area contributed by atoms with Crippen molar-refractivity contribution in [3.63, 3.8) is 0 Å². The van der Waals surface area contributed by atoms with E-state index in [9.17, 15) is 0 Å². The largest absolute Gasteiger partial charge is 0.391 e. The summed E-state index contributed by atoms with van der Waals surface area (Å²) in [5.41, 5.74) is 0. The Morgan fingerprint density at radius 2 is 1.62 bits per heavy atom. The van der Waals surface area contributed by atoms with Gasteiger partial charge in [-0.2, -0.15) is 0 Å². The third kappa shape index (κ3) is 6.43. The van der Waals surface area contributed by atoms with Crippen molar-refractivity contribution in [2.45, 2.75) is 39.9 Å². The monoisotopic (exact) mass is 266 g/mol. The van der Waals surface area contributed by atoms with E-state index in [2.05, 4.69) is 22.5 Å². The minimum atomic E-state index is -1.68. The molecule has 0 aliphatic heterocycles. The first kappa shape index (κ1) is 13.4. The second-order valence-electron chi connectivity index (χ2n) is 3.49. The van der Waals surface area contributed by atoms with Crippen molar-refractivity contribution >= 4 is 25.2 Å². The maximum absolute atomic E-state index is 5.70. The Hall–Kier alpha value is 0.357. The van der Waals surface area contributed by atoms with Crippen LogP contribution in [0.15, 0.2) is 11.8 Å². The molecule has 0 aromatic carbocycles. The number of hydrogen-bond acceptors (Lipinski definition) is 2. The minimum absolute atomic E-state index is 0.214. The first-order valence-electron chi connectivity index (χ1n) is 4.52. The lowest BCUT2D eigenvalue weighted by Crippen LogP contribution is -2.32. The molecular weight excluding hydrogens is 248 g/mol. The fourth-order valence-electron chi connectivity index (χ4n) is 0.782. The van der Waals surface area contributed by atoms with Crippen molar-refractivity contribution in [3.8, 4) is 0 Å². The van der Waals surface area contributed by atoms with Crippen molar-refractivity contribution in [3.05, 3.63) is 11.8 Å². The van der Waals surface area contributed by atoms with E-state index in [0.29, 0.717) is 0 Å². The summed E-state index contributed by atoms with van der Waals surface area (Å²) in [6, 6.07) is 0. The van der Waals surface area contributed by atoms with E-state index in [0.717, 1.165) is 10.5 Å². The Morgan fingerprint density at radius 1 is 1.23 bits per heavy atom. The van der Waals surface area contributed by atoms with Gasteiger partial charge in [-0.25, -0.2) is 0 Å². The van der Waals surface area contributed by atoms with Gasteiger partial charge >= 0.3 is 9.28 Å². The van der Waals surface area contributed by atoms with Gasteiger partial charge < -0.3 is 8.85 Å². The molecule has 0 bridgehead atoms. The maximum atomic E-state index is 5.70. The molecule has 0 amide bonds. The van der Waals surface area contributed by atoms with Crippen molar-refractivity contribution in [1.29, 1.82) is 0 Å². The second-order valence-corrected chi connectivity index (χ2v) is 6.08. The Labute approximate surface area is 91.3 Å². The van der Waals surface area contributed by atoms with E-state index in [-0.39, 0.29) is 12.2 Å². The molecular formula is C9H19BrO2Si. The predicted molar refractivity (Wildman–Crippen MR) is 62.5 cm³/mol. The molecule has 0 rings (SSSR count). The van der Waals surface area contributed by atoms with Gasteiger partial charge in [0, 0.05) is 17.5 Å². The standard InChI is InChI=1S/C9H19BrO2Si/c1-7(2)11-13(9(5)6-10)12-8(3)4/h7-8,13H,5-6H2,1-4H3. The number of allylic oxidation sites excluding steroid dienone is 1. The van der Waals surface area contributed by atoms with E-state index >= 15 is 0 Å². The van der Waals surface area contributed by atoms with Crippen LogP contribution in [0.4, 0.5) is 0 Å². The summed E-state index contributed by atoms with van der Waals surface area (Å²) in [7, 11) is -1.68. The van der Waals surface area contributed by atoms with Crippen LogP contribution in [0.25, 0.3) is 0 Å². The zero-order valence-corrected chi connectivity index (χ0v) is 11.6. The number of rotatable bonds is 6. The van der Waals surface area contributed by atoms with Gasteiger partial charge in [-0.15, -0.1) is 0 Å². The molecule has 0 atom stereocenters. The Bertz CT molecular complexity index is 150. The van der Waals surface area contributed by atoms with E-state index in [4.69, 9.17) is 8.85 Å². The molecule has 0 N–H and O–H groups in total. The minimum Gasteiger partial charge on any atom is -0.391 e. The van der Waals surface area contributed by atoms with E-state index < -0.39 is 9.28 Å². The van der Waals surface area contributed by atoms with Crippen LogP contribution in [0.5, 0.6) is 0 Å². The molecule has 0 aromatic rings. The lowest BCUT2D eigenvalue weighted by Gasteiger charge is -2.22. The Balaban J connectivity index is 4.10. The van der Waals surface area contributed by atoms with Crippen LogP contribution >= 0.6 is 15.9 Å². The van der Waals surface area contributed by atoms with Crippen LogP contribution < -0.4 is 0 Å². The van der Waals surface area contributed by atoms with Crippen LogP contribution in [-0.2, 0) is 8.85 Å². The first-order valence-corrected chi connectivity index (χ1v) is 7.16. The molecule has 0 spiro atoms. The molecule has 0 aliphatic carbocycles. The molecule has 0 unspecified atom stereocenters. The highest BCUT2D eigenvalue weighted by Gasteiger charge is 2.19. The topological polar surface area (TPSA) is 18.5 Å². The highest BCUT2D eigenvalue weighted by Crippen LogP contribution is 2.09. The average molecular weight is 267 g/mol. The van der Waals surface area contributed by atoms with Gasteiger partial charge in [-0.1, -0.05) is 22.5 Å². The van der Waals surface area contributed by atoms with Gasteiger partial charge in [0.2, 0.25) is 0 Å². The predicted octanol–water partition coefficient (Wildman–Crippen LogP) is 2.55. The van der Waals surface area contributed by atoms with Crippen LogP contribution in [0.1, 0.15) is 27.7 Å². The second kappa shape index (κ2) is 6.76. The van der Waals surface area contributed by atoms with Crippen molar-refractivity contribution in [2.75, 3.05) is 5.33 Å². The maximum Gasteiger partial charge on any atom is 0.352 e. The molecule has 0 fully saturated rings. The molecule has 4 heteroatoms. The Morgan fingerprint density at radius 3 is 1.85 bits per heavy atom. The molecule has 0 aliphatic rings. The summed E-state index contributed by atoms with van der Waals surface area (Å²) >= 11 is 3.37.